The fourth-order valence-electron chi connectivity index (χ4n) is 3.14. The number of carbonyl (C=O) groups excluding carboxylic acids is 1. The van der Waals surface area contributed by atoms with Gasteiger partial charge in [0.1, 0.15) is 4.88 Å². The fraction of sp³-hybridized carbons (Fsp3) is 0.667. The third kappa shape index (κ3) is 1.68. The molecule has 0 aromatic carbocycles. The van der Waals surface area contributed by atoms with E-state index in [4.69, 9.17) is 0 Å². The van der Waals surface area contributed by atoms with Crippen molar-refractivity contribution in [2.75, 3.05) is 13.1 Å². The number of aromatic nitrogens is 1. The molecule has 17 heavy (non-hydrogen) atoms. The molecule has 2 aliphatic rings. The van der Waals surface area contributed by atoms with Crippen LogP contribution < -0.4 is 5.32 Å². The van der Waals surface area contributed by atoms with E-state index in [1.54, 1.807) is 5.51 Å². The summed E-state index contributed by atoms with van der Waals surface area (Å²) in [5.74, 6) is 0.816. The fourth-order valence-corrected chi connectivity index (χ4v) is 3.88. The van der Waals surface area contributed by atoms with Gasteiger partial charge in [-0.1, -0.05) is 0 Å². The second-order valence-corrected chi connectivity index (χ2v) is 5.90. The van der Waals surface area contributed by atoms with Crippen molar-refractivity contribution in [3.8, 4) is 0 Å². The maximum absolute atomic E-state index is 12.6. The van der Waals surface area contributed by atoms with E-state index in [0.717, 1.165) is 30.1 Å². The summed E-state index contributed by atoms with van der Waals surface area (Å²) >= 11 is 1.46. The molecule has 5 heteroatoms. The van der Waals surface area contributed by atoms with Gasteiger partial charge in [0.25, 0.3) is 5.91 Å². The highest BCUT2D eigenvalue weighted by atomic mass is 32.1. The van der Waals surface area contributed by atoms with Crippen LogP contribution in [-0.4, -0.2) is 41.0 Å². The number of fused-ring (bicyclic) bond motifs is 1. The van der Waals surface area contributed by atoms with Gasteiger partial charge >= 0.3 is 0 Å². The first-order chi connectivity index (χ1) is 8.18. The summed E-state index contributed by atoms with van der Waals surface area (Å²) in [5, 5.41) is 3.38. The smallest absolute Gasteiger partial charge is 0.266 e. The molecule has 0 aliphatic carbocycles. The number of carbonyl (C=O) groups is 1. The molecule has 1 aromatic heterocycles. The van der Waals surface area contributed by atoms with Crippen LogP contribution in [0.2, 0.25) is 0 Å². The monoisotopic (exact) mass is 251 g/mol. The maximum atomic E-state index is 12.6. The van der Waals surface area contributed by atoms with E-state index >= 15 is 0 Å². The Balaban J connectivity index is 1.88. The molecule has 92 valence electrons. The van der Waals surface area contributed by atoms with Gasteiger partial charge < -0.3 is 10.2 Å². The number of amides is 1. The van der Waals surface area contributed by atoms with Crippen LogP contribution in [-0.2, 0) is 0 Å². The van der Waals surface area contributed by atoms with Crippen LogP contribution in [0.25, 0.3) is 0 Å². The SMILES string of the molecule is Cc1ncsc1C(=O)N1C(C)CC2CNCC21. The Bertz CT molecular complexity index is 445. The lowest BCUT2D eigenvalue weighted by Crippen LogP contribution is -2.42. The van der Waals surface area contributed by atoms with Crippen molar-refractivity contribution in [3.63, 3.8) is 0 Å². The van der Waals surface area contributed by atoms with Crippen LogP contribution in [0.3, 0.4) is 0 Å². The van der Waals surface area contributed by atoms with Crippen LogP contribution in [0.1, 0.15) is 28.7 Å². The zero-order chi connectivity index (χ0) is 12.0. The molecule has 4 nitrogen and oxygen atoms in total. The molecule has 0 saturated carbocycles. The predicted octanol–water partition coefficient (Wildman–Crippen LogP) is 1.27. The number of nitrogens with one attached hydrogen (secondary N) is 1. The minimum absolute atomic E-state index is 0.175. The molecule has 3 atom stereocenters. The molecule has 3 unspecified atom stereocenters. The molecule has 1 aromatic rings. The van der Waals surface area contributed by atoms with E-state index in [2.05, 4.69) is 22.1 Å². The van der Waals surface area contributed by atoms with Gasteiger partial charge in [-0.15, -0.1) is 11.3 Å². The molecule has 0 radical (unpaired) electrons. The van der Waals surface area contributed by atoms with Gasteiger partial charge in [-0.05, 0) is 26.2 Å². The molecule has 3 heterocycles. The molecular weight excluding hydrogens is 234 g/mol. The highest BCUT2D eigenvalue weighted by Gasteiger charge is 2.44. The lowest BCUT2D eigenvalue weighted by molar-refractivity contribution is 0.0686. The summed E-state index contributed by atoms with van der Waals surface area (Å²) in [4.78, 5) is 19.6. The molecule has 1 N–H and O–H groups in total. The van der Waals surface area contributed by atoms with Crippen molar-refractivity contribution in [2.24, 2.45) is 5.92 Å². The first-order valence-electron chi connectivity index (χ1n) is 6.12. The Morgan fingerprint density at radius 1 is 1.59 bits per heavy atom. The average molecular weight is 251 g/mol. The molecule has 0 bridgehead atoms. The van der Waals surface area contributed by atoms with E-state index in [1.807, 2.05) is 6.92 Å². The Labute approximate surface area is 105 Å². The Kier molecular flexibility index (Phi) is 2.67. The molecule has 2 aliphatic heterocycles. The largest absolute Gasteiger partial charge is 0.331 e. The van der Waals surface area contributed by atoms with Crippen molar-refractivity contribution >= 4 is 17.2 Å². The number of aryl methyl sites for hydroxylation is 1. The summed E-state index contributed by atoms with van der Waals surface area (Å²) in [6.07, 6.45) is 1.13. The van der Waals surface area contributed by atoms with Crippen LogP contribution in [0.15, 0.2) is 5.51 Å². The third-order valence-corrected chi connectivity index (χ3v) is 4.87. The molecule has 2 fully saturated rings. The van der Waals surface area contributed by atoms with E-state index in [9.17, 15) is 4.79 Å². The number of thiazole rings is 1. The molecule has 2 saturated heterocycles. The Morgan fingerprint density at radius 2 is 2.41 bits per heavy atom. The van der Waals surface area contributed by atoms with Gasteiger partial charge in [-0.2, -0.15) is 0 Å². The van der Waals surface area contributed by atoms with Crippen molar-refractivity contribution in [3.05, 3.63) is 16.1 Å². The van der Waals surface area contributed by atoms with Crippen molar-refractivity contribution < 1.29 is 4.79 Å². The average Bonchev–Trinajstić information content (AvgIpc) is 2.92. The number of nitrogens with zero attached hydrogens (tertiary/aromatic N) is 2. The Hall–Kier alpha value is -0.940. The number of hydrogen-bond acceptors (Lipinski definition) is 4. The van der Waals surface area contributed by atoms with Crippen LogP contribution in [0.4, 0.5) is 0 Å². The third-order valence-electron chi connectivity index (χ3n) is 3.95. The molecule has 3 rings (SSSR count). The first-order valence-corrected chi connectivity index (χ1v) is 7.00. The van der Waals surface area contributed by atoms with Crippen molar-refractivity contribution in [1.82, 2.24) is 15.2 Å². The zero-order valence-electron chi connectivity index (χ0n) is 10.1. The summed E-state index contributed by atoms with van der Waals surface area (Å²) in [6.45, 7) is 6.07. The zero-order valence-corrected chi connectivity index (χ0v) is 11.0. The molecule has 1 amide bonds. The van der Waals surface area contributed by atoms with E-state index in [1.165, 1.54) is 11.3 Å². The lowest BCUT2D eigenvalue weighted by Gasteiger charge is -2.27. The normalized spacial score (nSPS) is 31.9. The Morgan fingerprint density at radius 3 is 3.12 bits per heavy atom. The highest BCUT2D eigenvalue weighted by molar-refractivity contribution is 7.11. The number of likely N-dealkylation sites (tertiary alicyclic amines) is 1. The second kappa shape index (κ2) is 4.07. The van der Waals surface area contributed by atoms with E-state index in [0.29, 0.717) is 18.0 Å². The number of rotatable bonds is 1. The maximum Gasteiger partial charge on any atom is 0.266 e. The van der Waals surface area contributed by atoms with Gasteiger partial charge in [-0.3, -0.25) is 4.79 Å². The van der Waals surface area contributed by atoms with Gasteiger partial charge in [-0.25, -0.2) is 4.98 Å². The topological polar surface area (TPSA) is 45.2 Å². The number of hydrogen-bond donors (Lipinski definition) is 1. The summed E-state index contributed by atoms with van der Waals surface area (Å²) in [7, 11) is 0. The van der Waals surface area contributed by atoms with Crippen LogP contribution >= 0.6 is 11.3 Å². The van der Waals surface area contributed by atoms with E-state index < -0.39 is 0 Å². The van der Waals surface area contributed by atoms with Crippen molar-refractivity contribution in [1.29, 1.82) is 0 Å². The summed E-state index contributed by atoms with van der Waals surface area (Å²) in [5.41, 5.74) is 2.62. The van der Waals surface area contributed by atoms with E-state index in [-0.39, 0.29) is 5.91 Å². The van der Waals surface area contributed by atoms with Crippen LogP contribution in [0.5, 0.6) is 0 Å². The summed E-state index contributed by atoms with van der Waals surface area (Å²) in [6, 6.07) is 0.750. The van der Waals surface area contributed by atoms with Gasteiger partial charge in [0.2, 0.25) is 0 Å². The minimum atomic E-state index is 0.175. The standard InChI is InChI=1S/C12H17N3OS/c1-7-3-9-4-13-5-10(9)15(7)12(16)11-8(2)14-6-17-11/h6-7,9-10,13H,3-5H2,1-2H3. The lowest BCUT2D eigenvalue weighted by atomic mass is 10.0. The van der Waals surface area contributed by atoms with Gasteiger partial charge in [0.15, 0.2) is 0 Å². The first kappa shape index (κ1) is 11.2. The highest BCUT2D eigenvalue weighted by Crippen LogP contribution is 2.34. The summed E-state index contributed by atoms with van der Waals surface area (Å²) < 4.78 is 0. The second-order valence-electron chi connectivity index (χ2n) is 5.05. The quantitative estimate of drug-likeness (QED) is 0.817. The van der Waals surface area contributed by atoms with Crippen molar-refractivity contribution in [2.45, 2.75) is 32.4 Å². The molecular formula is C12H17N3OS. The minimum Gasteiger partial charge on any atom is -0.331 e. The van der Waals surface area contributed by atoms with Gasteiger partial charge in [0, 0.05) is 25.2 Å². The van der Waals surface area contributed by atoms with Crippen LogP contribution in [0, 0.1) is 12.8 Å². The van der Waals surface area contributed by atoms with Gasteiger partial charge in [0.05, 0.1) is 11.2 Å². The predicted molar refractivity (Wildman–Crippen MR) is 67.2 cm³/mol. The molecule has 0 spiro atoms.